The van der Waals surface area contributed by atoms with Crippen molar-refractivity contribution in [3.05, 3.63) is 118 Å². The molecule has 4 N–H and O–H groups in total. The Morgan fingerprint density at radius 1 is 0.514 bits per heavy atom. The number of anilines is 4. The number of hydrogen-bond acceptors (Lipinski definition) is 2. The first-order chi connectivity index (χ1) is 17.8. The third-order valence-corrected chi connectivity index (χ3v) is 6.54. The first-order valence-corrected chi connectivity index (χ1v) is 13.1. The molecule has 0 aliphatic carbocycles. The fourth-order valence-corrected chi connectivity index (χ4v) is 4.98. The molecule has 4 rings (SSSR count). The maximum absolute atomic E-state index is 5.54. The van der Waals surface area contributed by atoms with Crippen LogP contribution in [0.1, 0.15) is 33.4 Å². The molecular weight excluding hydrogens is 493 g/mol. The van der Waals surface area contributed by atoms with Crippen molar-refractivity contribution in [2.45, 2.75) is 34.1 Å². The quantitative estimate of drug-likeness (QED) is 0.191. The monoisotopic (exact) mass is 524 g/mol. The summed E-state index contributed by atoms with van der Waals surface area (Å²) in [5.74, 6) is 0. The Morgan fingerprint density at radius 2 is 0.838 bits per heavy atom. The number of hydrogen-bond donors (Lipinski definition) is 4. The molecule has 0 amide bonds. The van der Waals surface area contributed by atoms with Crippen LogP contribution in [-0.4, -0.2) is 10.2 Å². The third-order valence-electron chi connectivity index (χ3n) is 6.13. The van der Waals surface area contributed by atoms with Crippen molar-refractivity contribution in [1.82, 2.24) is 0 Å². The average molecular weight is 525 g/mol. The highest BCUT2D eigenvalue weighted by Crippen LogP contribution is 2.27. The molecule has 188 valence electrons. The summed E-state index contributed by atoms with van der Waals surface area (Å²) in [7, 11) is 0. The van der Waals surface area contributed by atoms with Crippen LogP contribution < -0.4 is 21.3 Å². The summed E-state index contributed by atoms with van der Waals surface area (Å²) in [6, 6.07) is 28.8. The van der Waals surface area contributed by atoms with Gasteiger partial charge in [0.1, 0.15) is 0 Å². The summed E-state index contributed by atoms with van der Waals surface area (Å²) in [5, 5.41) is 14.4. The van der Waals surface area contributed by atoms with E-state index in [4.69, 9.17) is 24.4 Å². The van der Waals surface area contributed by atoms with Gasteiger partial charge in [-0.3, -0.25) is 0 Å². The second-order valence-corrected chi connectivity index (χ2v) is 10.1. The van der Waals surface area contributed by atoms with Crippen LogP contribution in [0, 0.1) is 27.7 Å². The van der Waals surface area contributed by atoms with E-state index >= 15 is 0 Å². The zero-order valence-corrected chi connectivity index (χ0v) is 23.2. The third kappa shape index (κ3) is 7.15. The molecule has 0 saturated carbocycles. The molecule has 0 spiro atoms. The number of aryl methyl sites for hydroxylation is 4. The smallest absolute Gasteiger partial charge is 0.175 e. The van der Waals surface area contributed by atoms with Crippen LogP contribution in [0.4, 0.5) is 22.7 Å². The van der Waals surface area contributed by atoms with E-state index in [0.29, 0.717) is 10.2 Å². The lowest BCUT2D eigenvalue weighted by atomic mass is 9.96. The lowest BCUT2D eigenvalue weighted by molar-refractivity contribution is 1.15. The number of rotatable bonds is 6. The van der Waals surface area contributed by atoms with E-state index in [2.05, 4.69) is 73.2 Å². The lowest BCUT2D eigenvalue weighted by Crippen LogP contribution is -2.20. The van der Waals surface area contributed by atoms with Gasteiger partial charge in [-0.15, -0.1) is 0 Å². The summed E-state index contributed by atoms with van der Waals surface area (Å²) in [4.78, 5) is 0. The van der Waals surface area contributed by atoms with E-state index in [0.717, 1.165) is 51.4 Å². The maximum atomic E-state index is 5.54. The zero-order chi connectivity index (χ0) is 26.4. The summed E-state index contributed by atoms with van der Waals surface area (Å²) < 4.78 is 0. The lowest BCUT2D eigenvalue weighted by Gasteiger charge is -2.18. The van der Waals surface area contributed by atoms with E-state index in [-0.39, 0.29) is 0 Å². The summed E-state index contributed by atoms with van der Waals surface area (Å²) in [6.45, 7) is 8.48. The molecule has 0 aliphatic rings. The molecule has 6 heteroatoms. The average Bonchev–Trinajstić information content (AvgIpc) is 2.85. The van der Waals surface area contributed by atoms with Gasteiger partial charge in [0.15, 0.2) is 10.2 Å². The maximum Gasteiger partial charge on any atom is 0.175 e. The van der Waals surface area contributed by atoms with Gasteiger partial charge in [0.2, 0.25) is 0 Å². The molecule has 0 fully saturated rings. The predicted octanol–water partition coefficient (Wildman–Crippen LogP) is 8.13. The zero-order valence-electron chi connectivity index (χ0n) is 21.6. The van der Waals surface area contributed by atoms with Crippen molar-refractivity contribution >= 4 is 57.4 Å². The summed E-state index contributed by atoms with van der Waals surface area (Å²) in [6.07, 6.45) is 0.851. The van der Waals surface area contributed by atoms with Gasteiger partial charge in [0, 0.05) is 22.7 Å². The molecule has 0 radical (unpaired) electrons. The van der Waals surface area contributed by atoms with Gasteiger partial charge < -0.3 is 21.3 Å². The van der Waals surface area contributed by atoms with Crippen molar-refractivity contribution in [2.75, 3.05) is 21.3 Å². The van der Waals surface area contributed by atoms with Crippen molar-refractivity contribution in [2.24, 2.45) is 0 Å². The van der Waals surface area contributed by atoms with Gasteiger partial charge in [-0.1, -0.05) is 60.7 Å². The molecule has 0 heterocycles. The van der Waals surface area contributed by atoms with Gasteiger partial charge in [0.05, 0.1) is 0 Å². The highest BCUT2D eigenvalue weighted by Gasteiger charge is 2.11. The van der Waals surface area contributed by atoms with Crippen molar-refractivity contribution < 1.29 is 0 Å². The van der Waals surface area contributed by atoms with E-state index in [1.807, 2.05) is 60.7 Å². The van der Waals surface area contributed by atoms with Gasteiger partial charge in [-0.2, -0.15) is 0 Å². The SMILES string of the molecule is Cc1cc(Cc2cc(C)c(NC(=S)Nc3ccccc3)c(C)c2)cc(C)c1NC(=S)Nc1ccccc1. The highest BCUT2D eigenvalue weighted by molar-refractivity contribution is 7.81. The Balaban J connectivity index is 1.43. The second kappa shape index (κ2) is 12.0. The van der Waals surface area contributed by atoms with Crippen LogP contribution in [0.25, 0.3) is 0 Å². The number of benzene rings is 4. The highest BCUT2D eigenvalue weighted by atomic mass is 32.1. The fourth-order valence-electron chi connectivity index (χ4n) is 4.54. The van der Waals surface area contributed by atoms with Gasteiger partial charge in [0.25, 0.3) is 0 Å². The van der Waals surface area contributed by atoms with Crippen LogP contribution >= 0.6 is 24.4 Å². The molecule has 4 aromatic carbocycles. The first kappa shape index (κ1) is 26.3. The molecule has 0 bridgehead atoms. The minimum absolute atomic E-state index is 0.583. The molecule has 0 atom stereocenters. The van der Waals surface area contributed by atoms with Crippen LogP contribution in [0.15, 0.2) is 84.9 Å². The van der Waals surface area contributed by atoms with Crippen molar-refractivity contribution in [1.29, 1.82) is 0 Å². The van der Waals surface area contributed by atoms with Crippen molar-refractivity contribution in [3.63, 3.8) is 0 Å². The van der Waals surface area contributed by atoms with Gasteiger partial charge in [-0.25, -0.2) is 0 Å². The number of thiocarbonyl (C=S) groups is 2. The molecular formula is C31H32N4S2. The number of para-hydroxylation sites is 2. The van der Waals surface area contributed by atoms with Crippen LogP contribution in [0.3, 0.4) is 0 Å². The Labute approximate surface area is 230 Å². The van der Waals surface area contributed by atoms with Crippen LogP contribution in [-0.2, 0) is 6.42 Å². The summed E-state index contributed by atoms with van der Waals surface area (Å²) >= 11 is 11.1. The molecule has 0 aromatic heterocycles. The normalized spacial score (nSPS) is 10.5. The molecule has 0 unspecified atom stereocenters. The standard InChI is InChI=1S/C31H32N4S2/c1-20-15-24(16-21(2)28(20)34-30(36)32-26-11-7-5-8-12-26)19-25-17-22(3)29(23(4)18-25)35-31(37)33-27-13-9-6-10-14-27/h5-18H,19H2,1-4H3,(H2,32,34,36)(H2,33,35,37). The topological polar surface area (TPSA) is 48.1 Å². The minimum atomic E-state index is 0.583. The first-order valence-electron chi connectivity index (χ1n) is 12.2. The fraction of sp³-hybridized carbons (Fsp3) is 0.161. The minimum Gasteiger partial charge on any atom is -0.332 e. The van der Waals surface area contributed by atoms with Gasteiger partial charge in [-0.05, 0) is 116 Å². The molecule has 4 aromatic rings. The molecule has 37 heavy (non-hydrogen) atoms. The van der Waals surface area contributed by atoms with Gasteiger partial charge >= 0.3 is 0 Å². The van der Waals surface area contributed by atoms with Crippen LogP contribution in [0.2, 0.25) is 0 Å². The molecule has 0 aliphatic heterocycles. The van der Waals surface area contributed by atoms with E-state index < -0.39 is 0 Å². The molecule has 4 nitrogen and oxygen atoms in total. The number of nitrogens with one attached hydrogen (secondary N) is 4. The Kier molecular flexibility index (Phi) is 8.54. The van der Waals surface area contributed by atoms with E-state index in [1.165, 1.54) is 11.1 Å². The van der Waals surface area contributed by atoms with Crippen molar-refractivity contribution in [3.8, 4) is 0 Å². The second-order valence-electron chi connectivity index (χ2n) is 9.28. The Hall–Kier alpha value is -3.74. The largest absolute Gasteiger partial charge is 0.332 e. The summed E-state index contributed by atoms with van der Waals surface area (Å²) in [5.41, 5.74) is 11.2. The van der Waals surface area contributed by atoms with E-state index in [1.54, 1.807) is 0 Å². The molecule has 0 saturated heterocycles. The predicted molar refractivity (Wildman–Crippen MR) is 167 cm³/mol. The Bertz CT molecular complexity index is 1260. The van der Waals surface area contributed by atoms with E-state index in [9.17, 15) is 0 Å². The Morgan fingerprint density at radius 3 is 1.16 bits per heavy atom. The van der Waals surface area contributed by atoms with Crippen LogP contribution in [0.5, 0.6) is 0 Å².